The molecule has 1 aliphatic heterocycles. The van der Waals surface area contributed by atoms with Crippen molar-refractivity contribution in [3.05, 3.63) is 24.0 Å². The Morgan fingerprint density at radius 2 is 1.90 bits per heavy atom. The zero-order valence-electron chi connectivity index (χ0n) is 11.5. The van der Waals surface area contributed by atoms with Gasteiger partial charge in [-0.05, 0) is 25.2 Å². The van der Waals surface area contributed by atoms with E-state index in [2.05, 4.69) is 9.80 Å². The monoisotopic (exact) mass is 301 g/mol. The van der Waals surface area contributed by atoms with Crippen LogP contribution in [0.1, 0.15) is 0 Å². The number of piperazine rings is 1. The number of hydrogen-bond donors (Lipinski definition) is 1. The highest BCUT2D eigenvalue weighted by atomic mass is 32.2. The van der Waals surface area contributed by atoms with Crippen molar-refractivity contribution in [1.82, 2.24) is 9.80 Å². The fourth-order valence-electron chi connectivity index (χ4n) is 2.21. The number of sulfone groups is 1. The van der Waals surface area contributed by atoms with Gasteiger partial charge in [-0.3, -0.25) is 4.90 Å². The maximum atomic E-state index is 13.2. The predicted molar refractivity (Wildman–Crippen MR) is 76.8 cm³/mol. The molecule has 112 valence electrons. The molecule has 2 rings (SSSR count). The van der Waals surface area contributed by atoms with Gasteiger partial charge in [-0.25, -0.2) is 12.8 Å². The number of halogens is 1. The van der Waals surface area contributed by atoms with E-state index in [4.69, 9.17) is 5.73 Å². The summed E-state index contributed by atoms with van der Waals surface area (Å²) < 4.78 is 37.6. The average molecular weight is 301 g/mol. The molecular weight excluding hydrogens is 281 g/mol. The molecular formula is C13H20FN3O2S. The number of hydrogen-bond acceptors (Lipinski definition) is 5. The first-order valence-electron chi connectivity index (χ1n) is 6.57. The molecule has 0 aromatic heterocycles. The second-order valence-electron chi connectivity index (χ2n) is 5.15. The second-order valence-corrected chi connectivity index (χ2v) is 7.22. The zero-order valence-corrected chi connectivity index (χ0v) is 12.4. The van der Waals surface area contributed by atoms with Crippen LogP contribution in [0.15, 0.2) is 23.1 Å². The summed E-state index contributed by atoms with van der Waals surface area (Å²) in [6, 6.07) is 3.45. The summed E-state index contributed by atoms with van der Waals surface area (Å²) in [6.45, 7) is 4.02. The minimum absolute atomic E-state index is 0.0373. The Morgan fingerprint density at radius 3 is 2.55 bits per heavy atom. The molecule has 0 aliphatic carbocycles. The van der Waals surface area contributed by atoms with Crippen molar-refractivity contribution >= 4 is 15.5 Å². The molecule has 1 fully saturated rings. The van der Waals surface area contributed by atoms with Crippen molar-refractivity contribution in [2.45, 2.75) is 4.90 Å². The van der Waals surface area contributed by atoms with E-state index < -0.39 is 15.7 Å². The molecule has 0 amide bonds. The highest BCUT2D eigenvalue weighted by molar-refractivity contribution is 7.91. The third-order valence-corrected chi connectivity index (χ3v) is 5.33. The lowest BCUT2D eigenvalue weighted by molar-refractivity contribution is 0.161. The third-order valence-electron chi connectivity index (χ3n) is 3.58. The van der Waals surface area contributed by atoms with E-state index in [1.54, 1.807) is 0 Å². The average Bonchev–Trinajstić information content (AvgIpc) is 2.41. The Morgan fingerprint density at radius 1 is 1.25 bits per heavy atom. The van der Waals surface area contributed by atoms with Crippen molar-refractivity contribution in [3.8, 4) is 0 Å². The predicted octanol–water partition coefficient (Wildman–Crippen LogP) is 0.429. The Hall–Kier alpha value is -1.18. The lowest BCUT2D eigenvalue weighted by atomic mass is 10.3. The normalized spacial score (nSPS) is 18.3. The second kappa shape index (κ2) is 6.07. The Labute approximate surface area is 119 Å². The van der Waals surface area contributed by atoms with Gasteiger partial charge in [0.2, 0.25) is 0 Å². The van der Waals surface area contributed by atoms with Gasteiger partial charge in [0.1, 0.15) is 5.82 Å². The molecule has 20 heavy (non-hydrogen) atoms. The summed E-state index contributed by atoms with van der Waals surface area (Å²) in [5, 5.41) is 0. The Kier molecular flexibility index (Phi) is 4.62. The SMILES string of the molecule is CN1CCN(CCS(=O)(=O)c2cc(F)ccc2N)CC1. The fourth-order valence-corrected chi connectivity index (χ4v) is 3.65. The molecule has 2 N–H and O–H groups in total. The van der Waals surface area contributed by atoms with Gasteiger partial charge in [0.15, 0.2) is 9.84 Å². The van der Waals surface area contributed by atoms with Crippen LogP contribution in [-0.2, 0) is 9.84 Å². The molecule has 0 saturated carbocycles. The van der Waals surface area contributed by atoms with E-state index in [1.165, 1.54) is 6.07 Å². The largest absolute Gasteiger partial charge is 0.398 e. The first-order chi connectivity index (χ1) is 9.38. The molecule has 1 aromatic rings. The minimum atomic E-state index is -3.55. The molecule has 0 radical (unpaired) electrons. The van der Waals surface area contributed by atoms with Crippen LogP contribution in [0.25, 0.3) is 0 Å². The summed E-state index contributed by atoms with van der Waals surface area (Å²) in [5.41, 5.74) is 5.74. The number of nitrogens with zero attached hydrogens (tertiary/aromatic N) is 2. The molecule has 1 aliphatic rings. The van der Waals surface area contributed by atoms with E-state index in [1.807, 2.05) is 7.05 Å². The number of nitrogen functional groups attached to an aromatic ring is 1. The van der Waals surface area contributed by atoms with Crippen LogP contribution in [0.2, 0.25) is 0 Å². The van der Waals surface area contributed by atoms with Gasteiger partial charge < -0.3 is 10.6 Å². The number of rotatable bonds is 4. The van der Waals surface area contributed by atoms with Crippen molar-refractivity contribution in [2.75, 3.05) is 51.3 Å². The van der Waals surface area contributed by atoms with Gasteiger partial charge in [-0.15, -0.1) is 0 Å². The van der Waals surface area contributed by atoms with Gasteiger partial charge in [0.25, 0.3) is 0 Å². The Balaban J connectivity index is 2.02. The number of benzene rings is 1. The van der Waals surface area contributed by atoms with Crippen molar-refractivity contribution in [3.63, 3.8) is 0 Å². The quantitative estimate of drug-likeness (QED) is 0.817. The summed E-state index contributed by atoms with van der Waals surface area (Å²) in [6.07, 6.45) is 0. The van der Waals surface area contributed by atoms with Gasteiger partial charge in [0.05, 0.1) is 16.3 Å². The van der Waals surface area contributed by atoms with E-state index in [0.29, 0.717) is 6.54 Å². The molecule has 1 heterocycles. The highest BCUT2D eigenvalue weighted by Gasteiger charge is 2.21. The smallest absolute Gasteiger partial charge is 0.181 e. The lowest BCUT2D eigenvalue weighted by Gasteiger charge is -2.32. The summed E-state index contributed by atoms with van der Waals surface area (Å²) >= 11 is 0. The first kappa shape index (κ1) is 15.2. The van der Waals surface area contributed by atoms with Gasteiger partial charge >= 0.3 is 0 Å². The molecule has 1 saturated heterocycles. The van der Waals surface area contributed by atoms with Crippen LogP contribution >= 0.6 is 0 Å². The molecule has 7 heteroatoms. The molecule has 0 atom stereocenters. The summed E-state index contributed by atoms with van der Waals surface area (Å²) in [5.74, 6) is -0.623. The molecule has 0 bridgehead atoms. The van der Waals surface area contributed by atoms with Crippen LogP contribution in [-0.4, -0.2) is 63.7 Å². The number of nitrogens with two attached hydrogens (primary N) is 1. The van der Waals surface area contributed by atoms with Crippen molar-refractivity contribution in [1.29, 1.82) is 0 Å². The zero-order chi connectivity index (χ0) is 14.8. The highest BCUT2D eigenvalue weighted by Crippen LogP contribution is 2.20. The first-order valence-corrected chi connectivity index (χ1v) is 8.22. The van der Waals surface area contributed by atoms with E-state index in [-0.39, 0.29) is 16.3 Å². The van der Waals surface area contributed by atoms with Crippen LogP contribution in [0.3, 0.4) is 0 Å². The van der Waals surface area contributed by atoms with Crippen LogP contribution in [0.5, 0.6) is 0 Å². The van der Waals surface area contributed by atoms with E-state index >= 15 is 0 Å². The summed E-state index contributed by atoms with van der Waals surface area (Å²) in [4.78, 5) is 4.20. The number of anilines is 1. The molecule has 0 unspecified atom stereocenters. The van der Waals surface area contributed by atoms with Crippen LogP contribution < -0.4 is 5.73 Å². The lowest BCUT2D eigenvalue weighted by Crippen LogP contribution is -2.45. The third kappa shape index (κ3) is 3.68. The minimum Gasteiger partial charge on any atom is -0.398 e. The van der Waals surface area contributed by atoms with E-state index in [9.17, 15) is 12.8 Å². The standard InChI is InChI=1S/C13H20FN3O2S/c1-16-4-6-17(7-5-16)8-9-20(18,19)13-10-11(14)2-3-12(13)15/h2-3,10H,4-9,15H2,1H3. The fraction of sp³-hybridized carbons (Fsp3) is 0.538. The van der Waals surface area contributed by atoms with Crippen LogP contribution in [0, 0.1) is 5.82 Å². The van der Waals surface area contributed by atoms with Crippen molar-refractivity contribution in [2.24, 2.45) is 0 Å². The molecule has 1 aromatic carbocycles. The van der Waals surface area contributed by atoms with Gasteiger partial charge in [-0.2, -0.15) is 0 Å². The maximum Gasteiger partial charge on any atom is 0.181 e. The molecule has 5 nitrogen and oxygen atoms in total. The van der Waals surface area contributed by atoms with E-state index in [0.717, 1.165) is 38.3 Å². The molecule has 0 spiro atoms. The van der Waals surface area contributed by atoms with Crippen molar-refractivity contribution < 1.29 is 12.8 Å². The topological polar surface area (TPSA) is 66.6 Å². The Bertz CT molecular complexity index is 569. The maximum absolute atomic E-state index is 13.2. The summed E-state index contributed by atoms with van der Waals surface area (Å²) in [7, 11) is -1.50. The number of likely N-dealkylation sites (N-methyl/N-ethyl adjacent to an activating group) is 1. The van der Waals surface area contributed by atoms with Gasteiger partial charge in [-0.1, -0.05) is 0 Å². The van der Waals surface area contributed by atoms with Crippen LogP contribution in [0.4, 0.5) is 10.1 Å². The van der Waals surface area contributed by atoms with Gasteiger partial charge in [0, 0.05) is 32.7 Å².